The first kappa shape index (κ1) is 12.9. The van der Waals surface area contributed by atoms with Gasteiger partial charge in [0.05, 0.1) is 0 Å². The summed E-state index contributed by atoms with van der Waals surface area (Å²) in [6.45, 7) is 1.77. The number of hydrogen-bond acceptors (Lipinski definition) is 4. The molecule has 0 aromatic carbocycles. The molecule has 2 aromatic heterocycles. The van der Waals surface area contributed by atoms with Crippen LogP contribution >= 0.6 is 0 Å². The third kappa shape index (κ3) is 1.60. The van der Waals surface area contributed by atoms with E-state index in [0.29, 0.717) is 10.9 Å². The molecule has 7 nitrogen and oxygen atoms in total. The van der Waals surface area contributed by atoms with Gasteiger partial charge in [-0.05, 0) is 6.92 Å². The molecule has 0 N–H and O–H groups in total. The highest BCUT2D eigenvalue weighted by atomic mass is 32.2. The lowest BCUT2D eigenvalue weighted by molar-refractivity contribution is 0.581. The molecule has 2 aromatic rings. The Morgan fingerprint density at radius 1 is 1.17 bits per heavy atom. The summed E-state index contributed by atoms with van der Waals surface area (Å²) in [5.41, 5.74) is -0.319. The fourth-order valence-electron chi connectivity index (χ4n) is 1.83. The summed E-state index contributed by atoms with van der Waals surface area (Å²) in [7, 11) is 4.58. The van der Waals surface area contributed by atoms with Gasteiger partial charge in [0.15, 0.2) is 11.2 Å². The number of aromatic nitrogens is 4. The molecular weight excluding hydrogens is 256 g/mol. The zero-order chi connectivity index (χ0) is 13.6. The maximum absolute atomic E-state index is 12.0. The average molecular weight is 270 g/mol. The normalized spacial score (nSPS) is 13.2. The Labute approximate surface area is 106 Å². The van der Waals surface area contributed by atoms with Crippen molar-refractivity contribution in [2.45, 2.75) is 12.1 Å². The first-order valence-corrected chi connectivity index (χ1v) is 6.72. The fourth-order valence-corrected chi connectivity index (χ4v) is 2.67. The molecule has 2 rings (SSSR count). The van der Waals surface area contributed by atoms with Gasteiger partial charge in [0.2, 0.25) is 0 Å². The van der Waals surface area contributed by atoms with E-state index in [-0.39, 0.29) is 11.2 Å². The summed E-state index contributed by atoms with van der Waals surface area (Å²) in [5.74, 6) is 0.408. The predicted octanol–water partition coefficient (Wildman–Crippen LogP) is -0.902. The van der Waals surface area contributed by atoms with Gasteiger partial charge < -0.3 is 4.55 Å². The van der Waals surface area contributed by atoms with Gasteiger partial charge in [-0.2, -0.15) is 4.98 Å². The molecule has 0 spiro atoms. The van der Waals surface area contributed by atoms with Crippen LogP contribution in [-0.4, -0.2) is 29.0 Å². The van der Waals surface area contributed by atoms with Gasteiger partial charge in [-0.3, -0.25) is 18.5 Å². The Bertz CT molecular complexity index is 727. The number of rotatable bonds is 2. The van der Waals surface area contributed by atoms with Crippen molar-refractivity contribution in [3.63, 3.8) is 0 Å². The summed E-state index contributed by atoms with van der Waals surface area (Å²) < 4.78 is 15.6. The van der Waals surface area contributed by atoms with Crippen molar-refractivity contribution in [3.05, 3.63) is 20.8 Å². The Morgan fingerprint density at radius 3 is 2.33 bits per heavy atom. The van der Waals surface area contributed by atoms with E-state index in [1.807, 2.05) is 0 Å². The van der Waals surface area contributed by atoms with Crippen LogP contribution < -0.4 is 11.2 Å². The molecule has 0 aliphatic carbocycles. The second-order valence-corrected chi connectivity index (χ2v) is 5.60. The smallest absolute Gasteiger partial charge is 0.332 e. The number of hydrogen-bond donors (Lipinski definition) is 0. The molecule has 1 unspecified atom stereocenters. The van der Waals surface area contributed by atoms with Gasteiger partial charge in [0, 0.05) is 32.3 Å². The van der Waals surface area contributed by atoms with Crippen molar-refractivity contribution in [3.8, 4) is 0 Å². The van der Waals surface area contributed by atoms with E-state index >= 15 is 0 Å². The zero-order valence-electron chi connectivity index (χ0n) is 10.6. The summed E-state index contributed by atoms with van der Waals surface area (Å²) in [6.07, 6.45) is 0. The Hall–Kier alpha value is -1.54. The minimum absolute atomic E-state index is 0.266. The van der Waals surface area contributed by atoms with Crippen LogP contribution in [0.3, 0.4) is 0 Å². The molecule has 0 amide bonds. The molecule has 0 aliphatic rings. The molecule has 1 atom stereocenters. The number of imidazole rings is 1. The topological polar surface area (TPSA) is 84.9 Å². The number of nitrogens with zero attached hydrogens (tertiary/aromatic N) is 4. The Morgan fingerprint density at radius 2 is 1.78 bits per heavy atom. The highest BCUT2D eigenvalue weighted by molar-refractivity contribution is 7.91. The first-order chi connectivity index (χ1) is 8.40. The van der Waals surface area contributed by atoms with Crippen LogP contribution in [0.4, 0.5) is 0 Å². The minimum Gasteiger partial charge on any atom is -0.609 e. The molecule has 0 fully saturated rings. The van der Waals surface area contributed by atoms with Crippen molar-refractivity contribution in [1.29, 1.82) is 0 Å². The van der Waals surface area contributed by atoms with Crippen molar-refractivity contribution >= 4 is 22.3 Å². The summed E-state index contributed by atoms with van der Waals surface area (Å²) in [6, 6.07) is 0. The van der Waals surface area contributed by atoms with Crippen LogP contribution in [0.15, 0.2) is 14.7 Å². The predicted molar refractivity (Wildman–Crippen MR) is 68.1 cm³/mol. The van der Waals surface area contributed by atoms with Crippen LogP contribution in [0.1, 0.15) is 6.92 Å². The lowest BCUT2D eigenvalue weighted by atomic mass is 10.5. The van der Waals surface area contributed by atoms with E-state index in [1.54, 1.807) is 14.0 Å². The molecular formula is C10H14N4O3S. The van der Waals surface area contributed by atoms with E-state index in [1.165, 1.54) is 23.2 Å². The second-order valence-electron chi connectivity index (χ2n) is 3.97. The summed E-state index contributed by atoms with van der Waals surface area (Å²) >= 11 is -1.28. The fraction of sp³-hybridized carbons (Fsp3) is 0.500. The van der Waals surface area contributed by atoms with E-state index < -0.39 is 22.4 Å². The molecule has 0 bridgehead atoms. The molecule has 0 saturated heterocycles. The standard InChI is InChI=1S/C10H14N4O3S/c1-5-18(17)9-11-7-6(12(9)2)8(15)14(4)10(16)13(7)3/h5H2,1-4H3. The quantitative estimate of drug-likeness (QED) is 0.662. The summed E-state index contributed by atoms with van der Waals surface area (Å²) in [4.78, 5) is 28.0. The number of aryl methyl sites for hydroxylation is 2. The molecule has 8 heteroatoms. The van der Waals surface area contributed by atoms with Crippen molar-refractivity contribution in [1.82, 2.24) is 18.7 Å². The third-order valence-electron chi connectivity index (χ3n) is 2.90. The lowest BCUT2D eigenvalue weighted by Crippen LogP contribution is -2.37. The first-order valence-electron chi connectivity index (χ1n) is 5.41. The van der Waals surface area contributed by atoms with Crippen molar-refractivity contribution in [2.24, 2.45) is 21.1 Å². The van der Waals surface area contributed by atoms with Crippen LogP contribution in [-0.2, 0) is 32.3 Å². The van der Waals surface area contributed by atoms with Gasteiger partial charge in [0.1, 0.15) is 5.75 Å². The molecule has 98 valence electrons. The van der Waals surface area contributed by atoms with Crippen LogP contribution in [0.25, 0.3) is 11.2 Å². The van der Waals surface area contributed by atoms with Gasteiger partial charge in [-0.25, -0.2) is 4.79 Å². The lowest BCUT2D eigenvalue weighted by Gasteiger charge is -2.05. The van der Waals surface area contributed by atoms with Gasteiger partial charge in [-0.15, -0.1) is 0 Å². The van der Waals surface area contributed by atoms with E-state index in [0.717, 1.165) is 4.57 Å². The Kier molecular flexibility index (Phi) is 3.07. The second kappa shape index (κ2) is 4.29. The average Bonchev–Trinajstić information content (AvgIpc) is 2.71. The van der Waals surface area contributed by atoms with Gasteiger partial charge in [-0.1, -0.05) is 0 Å². The van der Waals surface area contributed by atoms with E-state index in [4.69, 9.17) is 0 Å². The van der Waals surface area contributed by atoms with Crippen molar-refractivity contribution < 1.29 is 4.55 Å². The highest BCUT2D eigenvalue weighted by Gasteiger charge is 2.23. The van der Waals surface area contributed by atoms with Gasteiger partial charge in [0.25, 0.3) is 5.56 Å². The largest absolute Gasteiger partial charge is 0.609 e. The molecule has 0 aliphatic heterocycles. The van der Waals surface area contributed by atoms with Crippen LogP contribution in [0.2, 0.25) is 0 Å². The molecule has 0 radical (unpaired) electrons. The maximum Gasteiger partial charge on any atom is 0.332 e. The SMILES string of the molecule is CC[S+]([O-])c1nc2c(c(=O)n(C)c(=O)n2C)n1C. The maximum atomic E-state index is 12.0. The third-order valence-corrected chi connectivity index (χ3v) is 4.20. The van der Waals surface area contributed by atoms with E-state index in [9.17, 15) is 14.1 Å². The van der Waals surface area contributed by atoms with Gasteiger partial charge >= 0.3 is 10.8 Å². The Balaban J connectivity index is 2.98. The summed E-state index contributed by atoms with van der Waals surface area (Å²) in [5, 5.41) is 0.311. The van der Waals surface area contributed by atoms with Crippen LogP contribution in [0.5, 0.6) is 0 Å². The molecule has 2 heterocycles. The highest BCUT2D eigenvalue weighted by Crippen LogP contribution is 2.14. The molecule has 0 saturated carbocycles. The van der Waals surface area contributed by atoms with E-state index in [2.05, 4.69) is 4.98 Å². The van der Waals surface area contributed by atoms with Crippen molar-refractivity contribution in [2.75, 3.05) is 5.75 Å². The minimum atomic E-state index is -1.28. The number of fused-ring (bicyclic) bond motifs is 1. The molecule has 18 heavy (non-hydrogen) atoms. The monoisotopic (exact) mass is 270 g/mol. The van der Waals surface area contributed by atoms with Crippen LogP contribution in [0, 0.1) is 0 Å². The zero-order valence-corrected chi connectivity index (χ0v) is 11.4.